The molecule has 3 nitrogen and oxygen atoms in total. The molecule has 0 radical (unpaired) electrons. The van der Waals surface area contributed by atoms with Crippen molar-refractivity contribution >= 4 is 5.91 Å². The van der Waals surface area contributed by atoms with Gasteiger partial charge in [-0.05, 0) is 46.6 Å². The smallest absolute Gasteiger partial charge is 0.241 e. The van der Waals surface area contributed by atoms with Crippen LogP contribution in [0.25, 0.3) is 0 Å². The van der Waals surface area contributed by atoms with Crippen LogP contribution in [0.5, 0.6) is 0 Å². The molecule has 1 heterocycles. The van der Waals surface area contributed by atoms with Gasteiger partial charge in [-0.3, -0.25) is 4.79 Å². The highest BCUT2D eigenvalue weighted by Crippen LogP contribution is 2.19. The van der Waals surface area contributed by atoms with Crippen LogP contribution in [0.4, 0.5) is 0 Å². The van der Waals surface area contributed by atoms with Crippen molar-refractivity contribution in [2.24, 2.45) is 0 Å². The number of nitrogens with one attached hydrogen (secondary N) is 2. The fourth-order valence-corrected chi connectivity index (χ4v) is 1.71. The van der Waals surface area contributed by atoms with Crippen molar-refractivity contribution in [1.29, 1.82) is 0 Å². The molecule has 1 unspecified atom stereocenters. The number of rotatable bonds is 2. The van der Waals surface area contributed by atoms with Crippen molar-refractivity contribution in [2.75, 3.05) is 6.54 Å². The van der Waals surface area contributed by atoms with Crippen molar-refractivity contribution in [3.05, 3.63) is 0 Å². The van der Waals surface area contributed by atoms with Crippen molar-refractivity contribution < 1.29 is 4.79 Å². The number of carbonyl (C=O) groups is 1. The summed E-state index contributed by atoms with van der Waals surface area (Å²) >= 11 is 0. The molecular weight excluding hydrogens is 188 g/mol. The summed E-state index contributed by atoms with van der Waals surface area (Å²) in [7, 11) is 0. The Hall–Kier alpha value is -1.01. The van der Waals surface area contributed by atoms with Gasteiger partial charge in [0.25, 0.3) is 0 Å². The third-order valence-electron chi connectivity index (χ3n) is 2.91. The highest BCUT2D eigenvalue weighted by atomic mass is 16.2. The summed E-state index contributed by atoms with van der Waals surface area (Å²) in [6.07, 6.45) is 8.45. The van der Waals surface area contributed by atoms with E-state index in [1.165, 1.54) is 0 Å². The maximum Gasteiger partial charge on any atom is 0.241 e. The second-order valence-corrected chi connectivity index (χ2v) is 4.94. The summed E-state index contributed by atoms with van der Waals surface area (Å²) in [5, 5.41) is 6.14. The number of amides is 1. The molecule has 0 aromatic carbocycles. The highest BCUT2D eigenvalue weighted by molar-refractivity contribution is 5.86. The summed E-state index contributed by atoms with van der Waals surface area (Å²) in [5.74, 6) is 2.57. The first-order valence-electron chi connectivity index (χ1n) is 5.45. The molecule has 0 aliphatic carbocycles. The zero-order valence-electron chi connectivity index (χ0n) is 9.81. The van der Waals surface area contributed by atoms with Crippen LogP contribution in [0, 0.1) is 12.3 Å². The van der Waals surface area contributed by atoms with Gasteiger partial charge in [0.1, 0.15) is 0 Å². The third-order valence-corrected chi connectivity index (χ3v) is 2.91. The fourth-order valence-electron chi connectivity index (χ4n) is 1.71. The van der Waals surface area contributed by atoms with E-state index >= 15 is 0 Å². The Bertz CT molecular complexity index is 282. The average molecular weight is 208 g/mol. The lowest BCUT2D eigenvalue weighted by atomic mass is 9.89. The van der Waals surface area contributed by atoms with Gasteiger partial charge in [-0.25, -0.2) is 0 Å². The van der Waals surface area contributed by atoms with Gasteiger partial charge in [-0.15, -0.1) is 6.42 Å². The van der Waals surface area contributed by atoms with Crippen LogP contribution < -0.4 is 10.6 Å². The van der Waals surface area contributed by atoms with Crippen LogP contribution in [-0.2, 0) is 4.79 Å². The number of hydrogen-bond donors (Lipinski definition) is 2. The van der Waals surface area contributed by atoms with Crippen LogP contribution in [0.1, 0.15) is 40.0 Å². The normalized spacial score (nSPS) is 26.8. The maximum absolute atomic E-state index is 12.0. The topological polar surface area (TPSA) is 41.1 Å². The first-order chi connectivity index (χ1) is 6.90. The monoisotopic (exact) mass is 208 g/mol. The van der Waals surface area contributed by atoms with E-state index in [4.69, 9.17) is 6.42 Å². The Morgan fingerprint density at radius 2 is 2.20 bits per heavy atom. The molecule has 1 rings (SSSR count). The quantitative estimate of drug-likeness (QED) is 0.666. The van der Waals surface area contributed by atoms with E-state index in [9.17, 15) is 4.79 Å². The van der Waals surface area contributed by atoms with Crippen molar-refractivity contribution in [3.8, 4) is 12.3 Å². The van der Waals surface area contributed by atoms with E-state index in [-0.39, 0.29) is 5.91 Å². The second kappa shape index (κ2) is 4.24. The Labute approximate surface area is 92.0 Å². The van der Waals surface area contributed by atoms with Gasteiger partial charge in [0, 0.05) is 0 Å². The Morgan fingerprint density at radius 3 is 2.67 bits per heavy atom. The molecule has 3 heteroatoms. The summed E-state index contributed by atoms with van der Waals surface area (Å²) in [6.45, 7) is 6.50. The van der Waals surface area contributed by atoms with Crippen LogP contribution >= 0.6 is 0 Å². The summed E-state index contributed by atoms with van der Waals surface area (Å²) in [4.78, 5) is 12.0. The van der Waals surface area contributed by atoms with Gasteiger partial charge in [-0.2, -0.15) is 0 Å². The van der Waals surface area contributed by atoms with Crippen molar-refractivity contribution in [2.45, 2.75) is 51.1 Å². The predicted molar refractivity (Wildman–Crippen MR) is 61.3 cm³/mol. The highest BCUT2D eigenvalue weighted by Gasteiger charge is 2.36. The average Bonchev–Trinajstić information content (AvgIpc) is 2.18. The molecule has 0 aromatic rings. The molecule has 1 aliphatic heterocycles. The molecular formula is C12H20N2O. The Balaban J connectivity index is 2.64. The van der Waals surface area contributed by atoms with E-state index in [2.05, 4.69) is 16.6 Å². The summed E-state index contributed by atoms with van der Waals surface area (Å²) < 4.78 is 0. The van der Waals surface area contributed by atoms with Crippen LogP contribution in [0.3, 0.4) is 0 Å². The lowest BCUT2D eigenvalue weighted by Gasteiger charge is -2.35. The van der Waals surface area contributed by atoms with E-state index in [1.54, 1.807) is 0 Å². The van der Waals surface area contributed by atoms with Gasteiger partial charge in [0.05, 0.1) is 11.1 Å². The number of terminal acetylenes is 1. The van der Waals surface area contributed by atoms with E-state index in [0.717, 1.165) is 25.8 Å². The van der Waals surface area contributed by atoms with Crippen LogP contribution in [0.15, 0.2) is 0 Å². The lowest BCUT2D eigenvalue weighted by Crippen LogP contribution is -2.60. The largest absolute Gasteiger partial charge is 0.339 e. The molecule has 0 saturated carbocycles. The van der Waals surface area contributed by atoms with E-state index < -0.39 is 11.1 Å². The van der Waals surface area contributed by atoms with E-state index in [1.807, 2.05) is 20.8 Å². The number of carbonyl (C=O) groups excluding carboxylic acids is 1. The molecule has 84 valence electrons. The first-order valence-corrected chi connectivity index (χ1v) is 5.45. The SMILES string of the molecule is C#CC(C)(C)NC(=O)C1(C)CCCCN1. The Kier molecular flexibility index (Phi) is 3.41. The minimum atomic E-state index is -0.570. The summed E-state index contributed by atoms with van der Waals surface area (Å²) in [5.41, 5.74) is -1.02. The zero-order chi connectivity index (χ0) is 11.5. The van der Waals surface area contributed by atoms with Crippen LogP contribution in [-0.4, -0.2) is 23.5 Å². The van der Waals surface area contributed by atoms with Crippen LogP contribution in [0.2, 0.25) is 0 Å². The third kappa shape index (κ3) is 2.97. The molecule has 0 spiro atoms. The molecule has 15 heavy (non-hydrogen) atoms. The molecule has 1 fully saturated rings. The molecule has 2 N–H and O–H groups in total. The van der Waals surface area contributed by atoms with E-state index in [0.29, 0.717) is 0 Å². The fraction of sp³-hybridized carbons (Fsp3) is 0.750. The predicted octanol–water partition coefficient (Wildman–Crippen LogP) is 1.05. The van der Waals surface area contributed by atoms with Crippen molar-refractivity contribution in [1.82, 2.24) is 10.6 Å². The lowest BCUT2D eigenvalue weighted by molar-refractivity contribution is -0.129. The molecule has 1 atom stereocenters. The van der Waals surface area contributed by atoms with Crippen molar-refractivity contribution in [3.63, 3.8) is 0 Å². The minimum Gasteiger partial charge on any atom is -0.339 e. The van der Waals surface area contributed by atoms with Gasteiger partial charge < -0.3 is 10.6 Å². The zero-order valence-corrected chi connectivity index (χ0v) is 9.81. The molecule has 1 aliphatic rings. The number of hydrogen-bond acceptors (Lipinski definition) is 2. The van der Waals surface area contributed by atoms with Gasteiger partial charge in [-0.1, -0.05) is 5.92 Å². The summed E-state index contributed by atoms with van der Waals surface area (Å²) in [6, 6.07) is 0. The first kappa shape index (κ1) is 12.1. The number of piperidine rings is 1. The molecule has 1 saturated heterocycles. The molecule has 0 bridgehead atoms. The Morgan fingerprint density at radius 1 is 1.53 bits per heavy atom. The minimum absolute atomic E-state index is 0.00477. The molecule has 1 amide bonds. The maximum atomic E-state index is 12.0. The molecule has 0 aromatic heterocycles. The van der Waals surface area contributed by atoms with Gasteiger partial charge >= 0.3 is 0 Å². The van der Waals surface area contributed by atoms with Gasteiger partial charge in [0.15, 0.2) is 0 Å². The second-order valence-electron chi connectivity index (χ2n) is 4.94. The standard InChI is InChI=1S/C12H20N2O/c1-5-11(2,3)14-10(15)12(4)8-6-7-9-13-12/h1,13H,6-9H2,2-4H3,(H,14,15). The van der Waals surface area contributed by atoms with Gasteiger partial charge in [0.2, 0.25) is 5.91 Å².